The molecule has 0 aromatic carbocycles. The first-order valence-electron chi connectivity index (χ1n) is 2.17. The summed E-state index contributed by atoms with van der Waals surface area (Å²) in [4.78, 5) is 9.95. The highest BCUT2D eigenvalue weighted by Gasteiger charge is 1.96. The van der Waals surface area contributed by atoms with Crippen LogP contribution < -0.4 is 11.5 Å². The summed E-state index contributed by atoms with van der Waals surface area (Å²) in [6.07, 6.45) is 0.278. The van der Waals surface area contributed by atoms with Crippen molar-refractivity contribution in [2.45, 2.75) is 19.4 Å². The van der Waals surface area contributed by atoms with Crippen molar-refractivity contribution in [3.8, 4) is 0 Å². The summed E-state index contributed by atoms with van der Waals surface area (Å²) in [6, 6.07) is -0.0995. The lowest BCUT2D eigenvalue weighted by molar-refractivity contribution is -0.118. The number of nitrogens with two attached hydrogens (primary N) is 2. The molecule has 0 fully saturated rings. The molecule has 0 aromatic rings. The van der Waals surface area contributed by atoms with Crippen LogP contribution in [0.25, 0.3) is 0 Å². The number of carbonyl (C=O) groups is 1. The van der Waals surface area contributed by atoms with E-state index in [1.165, 1.54) is 0 Å². The summed E-state index contributed by atoms with van der Waals surface area (Å²) in [6.45, 7) is 1.74. The van der Waals surface area contributed by atoms with Gasteiger partial charge in [-0.25, -0.2) is 0 Å². The average molecular weight is 139 g/mol. The fraction of sp³-hybridized carbons (Fsp3) is 0.750. The van der Waals surface area contributed by atoms with E-state index in [0.29, 0.717) is 0 Å². The smallest absolute Gasteiger partial charge is 0.218 e. The molecule has 50 valence electrons. The molecular formula is C4H11ClN2O. The molecule has 3 nitrogen and oxygen atoms in total. The van der Waals surface area contributed by atoms with Gasteiger partial charge in [-0.1, -0.05) is 0 Å². The maximum absolute atomic E-state index is 9.95. The maximum Gasteiger partial charge on any atom is 0.218 e. The second kappa shape index (κ2) is 4.87. The Kier molecular flexibility index (Phi) is 6.48. The Labute approximate surface area is 54.8 Å². The molecule has 8 heavy (non-hydrogen) atoms. The minimum absolute atomic E-state index is 0. The molecule has 4 heteroatoms. The zero-order chi connectivity index (χ0) is 5.86. The van der Waals surface area contributed by atoms with Crippen molar-refractivity contribution in [2.24, 2.45) is 11.5 Å². The largest absolute Gasteiger partial charge is 0.370 e. The summed E-state index contributed by atoms with van der Waals surface area (Å²) in [5, 5.41) is 0. The molecule has 0 aliphatic rings. The van der Waals surface area contributed by atoms with E-state index in [9.17, 15) is 4.79 Å². The van der Waals surface area contributed by atoms with E-state index in [1.54, 1.807) is 6.92 Å². The number of rotatable bonds is 2. The van der Waals surface area contributed by atoms with Crippen LogP contribution in [0.4, 0.5) is 0 Å². The normalized spacial score (nSPS) is 11.8. The summed E-state index contributed by atoms with van der Waals surface area (Å²) in [7, 11) is 0. The number of primary amides is 1. The minimum Gasteiger partial charge on any atom is -0.370 e. The maximum atomic E-state index is 9.95. The van der Waals surface area contributed by atoms with Crippen LogP contribution in [0, 0.1) is 0 Å². The summed E-state index contributed by atoms with van der Waals surface area (Å²) >= 11 is 0. The van der Waals surface area contributed by atoms with Crippen LogP contribution in [0.5, 0.6) is 0 Å². The highest BCUT2D eigenvalue weighted by atomic mass is 35.5. The lowest BCUT2D eigenvalue weighted by Crippen LogP contribution is -2.24. The van der Waals surface area contributed by atoms with Crippen LogP contribution in [0.2, 0.25) is 0 Å². The van der Waals surface area contributed by atoms with Gasteiger partial charge in [0.25, 0.3) is 0 Å². The van der Waals surface area contributed by atoms with Crippen molar-refractivity contribution in [3.05, 3.63) is 0 Å². The van der Waals surface area contributed by atoms with Crippen molar-refractivity contribution in [1.82, 2.24) is 0 Å². The van der Waals surface area contributed by atoms with Crippen molar-refractivity contribution in [2.75, 3.05) is 0 Å². The third kappa shape index (κ3) is 9.21. The first kappa shape index (κ1) is 10.7. The Hall–Kier alpha value is -0.280. The van der Waals surface area contributed by atoms with Gasteiger partial charge in [0.1, 0.15) is 0 Å². The van der Waals surface area contributed by atoms with E-state index < -0.39 is 0 Å². The molecule has 0 aliphatic carbocycles. The van der Waals surface area contributed by atoms with E-state index in [-0.39, 0.29) is 30.8 Å². The first-order valence-corrected chi connectivity index (χ1v) is 2.17. The Bertz CT molecular complexity index is 74.4. The standard InChI is InChI=1S/C4H10N2O.ClH/c1-3(5)2-4(6)7;/h3H,2,5H2,1H3,(H2,6,7);1H/t3-;/m0./s1. The van der Waals surface area contributed by atoms with Crippen LogP contribution >= 0.6 is 12.4 Å². The quantitative estimate of drug-likeness (QED) is 0.547. The van der Waals surface area contributed by atoms with Crippen LogP contribution in [-0.2, 0) is 4.79 Å². The van der Waals surface area contributed by atoms with E-state index in [0.717, 1.165) is 0 Å². The lowest BCUT2D eigenvalue weighted by atomic mass is 10.2. The van der Waals surface area contributed by atoms with Crippen molar-refractivity contribution in [1.29, 1.82) is 0 Å². The molecule has 4 N–H and O–H groups in total. The van der Waals surface area contributed by atoms with Gasteiger partial charge >= 0.3 is 0 Å². The third-order valence-corrected chi connectivity index (χ3v) is 0.523. The van der Waals surface area contributed by atoms with E-state index in [2.05, 4.69) is 0 Å². The number of hydrogen-bond acceptors (Lipinski definition) is 2. The van der Waals surface area contributed by atoms with Gasteiger partial charge in [0.2, 0.25) is 5.91 Å². The SMILES string of the molecule is C[C@H](N)CC(N)=O.Cl. The van der Waals surface area contributed by atoms with Gasteiger partial charge in [0.15, 0.2) is 0 Å². The Morgan fingerprint density at radius 2 is 2.12 bits per heavy atom. The number of carbonyl (C=O) groups excluding carboxylic acids is 1. The molecular weight excluding hydrogens is 128 g/mol. The van der Waals surface area contributed by atoms with E-state index in [4.69, 9.17) is 11.5 Å². The van der Waals surface area contributed by atoms with Gasteiger partial charge in [0, 0.05) is 12.5 Å². The molecule has 0 bridgehead atoms. The second-order valence-electron chi connectivity index (χ2n) is 1.65. The zero-order valence-corrected chi connectivity index (χ0v) is 5.57. The zero-order valence-electron chi connectivity index (χ0n) is 4.76. The first-order chi connectivity index (χ1) is 3.13. The summed E-state index contributed by atoms with van der Waals surface area (Å²) in [5.74, 6) is -0.338. The van der Waals surface area contributed by atoms with Gasteiger partial charge in [-0.2, -0.15) is 0 Å². The Morgan fingerprint density at radius 3 is 2.12 bits per heavy atom. The van der Waals surface area contributed by atoms with Gasteiger partial charge in [-0.05, 0) is 6.92 Å². The summed E-state index contributed by atoms with van der Waals surface area (Å²) < 4.78 is 0. The predicted molar refractivity (Wildman–Crippen MR) is 34.7 cm³/mol. The molecule has 0 rings (SSSR count). The average Bonchev–Trinajstić information content (AvgIpc) is 1.27. The summed E-state index contributed by atoms with van der Waals surface area (Å²) in [5.41, 5.74) is 9.97. The highest BCUT2D eigenvalue weighted by molar-refractivity contribution is 5.85. The molecule has 0 saturated heterocycles. The topological polar surface area (TPSA) is 69.1 Å². The van der Waals surface area contributed by atoms with Gasteiger partial charge in [-0.15, -0.1) is 12.4 Å². The Balaban J connectivity index is 0. The highest BCUT2D eigenvalue weighted by Crippen LogP contribution is 1.80. The monoisotopic (exact) mass is 138 g/mol. The van der Waals surface area contributed by atoms with Crippen LogP contribution in [0.1, 0.15) is 13.3 Å². The molecule has 0 aliphatic heterocycles. The molecule has 0 saturated carbocycles. The van der Waals surface area contributed by atoms with E-state index in [1.807, 2.05) is 0 Å². The lowest BCUT2D eigenvalue weighted by Gasteiger charge is -1.96. The molecule has 0 spiro atoms. The van der Waals surface area contributed by atoms with Gasteiger partial charge in [-0.3, -0.25) is 4.79 Å². The van der Waals surface area contributed by atoms with Crippen LogP contribution in [0.3, 0.4) is 0 Å². The molecule has 0 aromatic heterocycles. The number of amides is 1. The van der Waals surface area contributed by atoms with Gasteiger partial charge in [0.05, 0.1) is 0 Å². The molecule has 1 amide bonds. The van der Waals surface area contributed by atoms with Crippen LogP contribution in [0.15, 0.2) is 0 Å². The predicted octanol–water partition coefficient (Wildman–Crippen LogP) is -0.369. The Morgan fingerprint density at radius 1 is 1.75 bits per heavy atom. The third-order valence-electron chi connectivity index (χ3n) is 0.523. The second-order valence-corrected chi connectivity index (χ2v) is 1.65. The fourth-order valence-corrected chi connectivity index (χ4v) is 0.317. The van der Waals surface area contributed by atoms with Crippen molar-refractivity contribution >= 4 is 18.3 Å². The van der Waals surface area contributed by atoms with Crippen LogP contribution in [-0.4, -0.2) is 11.9 Å². The number of hydrogen-bond donors (Lipinski definition) is 2. The molecule has 0 heterocycles. The van der Waals surface area contributed by atoms with Crippen molar-refractivity contribution < 1.29 is 4.79 Å². The molecule has 0 radical (unpaired) electrons. The minimum atomic E-state index is -0.338. The van der Waals surface area contributed by atoms with E-state index >= 15 is 0 Å². The van der Waals surface area contributed by atoms with Gasteiger partial charge < -0.3 is 11.5 Å². The van der Waals surface area contributed by atoms with Crippen molar-refractivity contribution in [3.63, 3.8) is 0 Å². The number of halogens is 1. The fourth-order valence-electron chi connectivity index (χ4n) is 0.317. The molecule has 1 atom stereocenters. The molecule has 0 unspecified atom stereocenters.